The number of likely N-dealkylation sites (tertiary alicyclic amines) is 1. The summed E-state index contributed by atoms with van der Waals surface area (Å²) < 4.78 is 6.18. The molecule has 56 heavy (non-hydrogen) atoms. The van der Waals surface area contributed by atoms with E-state index in [4.69, 9.17) is 17.7 Å². The topological polar surface area (TPSA) is 72.6 Å². The van der Waals surface area contributed by atoms with Crippen LogP contribution in [0.25, 0.3) is 0 Å². The zero-order valence-corrected chi connectivity index (χ0v) is 37.2. The number of piperidine rings is 1. The quantitative estimate of drug-likeness (QED) is 0.0341. The van der Waals surface area contributed by atoms with Gasteiger partial charge in [-0.05, 0) is 85.7 Å². The second-order valence-corrected chi connectivity index (χ2v) is 18.4. The largest absolute Gasteiger partial charge is 0.477 e. The van der Waals surface area contributed by atoms with E-state index in [-0.39, 0.29) is 35.0 Å². The Morgan fingerprint density at radius 1 is 0.893 bits per heavy atom. The van der Waals surface area contributed by atoms with Gasteiger partial charge in [-0.1, -0.05) is 126 Å². The molecule has 4 aliphatic rings. The fourth-order valence-electron chi connectivity index (χ4n) is 8.53. The second-order valence-electron chi connectivity index (χ2n) is 18.4. The van der Waals surface area contributed by atoms with Gasteiger partial charge in [0.2, 0.25) is 0 Å². The van der Waals surface area contributed by atoms with Crippen molar-refractivity contribution in [3.05, 3.63) is 73.8 Å². The summed E-state index contributed by atoms with van der Waals surface area (Å²) in [5.41, 5.74) is 4.01. The Kier molecular flexibility index (Phi) is 18.9. The van der Waals surface area contributed by atoms with Gasteiger partial charge in [-0.15, -0.1) is 12.3 Å². The van der Waals surface area contributed by atoms with Crippen LogP contribution in [-0.4, -0.2) is 55.3 Å². The lowest BCUT2D eigenvalue weighted by molar-refractivity contribution is 0.103. The van der Waals surface area contributed by atoms with Crippen LogP contribution in [0.3, 0.4) is 0 Å². The van der Waals surface area contributed by atoms with Crippen molar-refractivity contribution in [3.63, 3.8) is 0 Å². The maximum atomic E-state index is 6.18. The third kappa shape index (κ3) is 13.9. The van der Waals surface area contributed by atoms with Gasteiger partial charge in [0.1, 0.15) is 6.61 Å². The van der Waals surface area contributed by atoms with Crippen molar-refractivity contribution in [2.45, 2.75) is 169 Å². The monoisotopic (exact) mass is 773 g/mol. The second kappa shape index (κ2) is 22.5. The molecule has 0 aromatic carbocycles. The molecule has 0 spiro atoms. The van der Waals surface area contributed by atoms with Crippen LogP contribution in [0.2, 0.25) is 0 Å². The molecule has 4 fully saturated rings. The Hall–Kier alpha value is -3.40. The highest BCUT2D eigenvalue weighted by Crippen LogP contribution is 2.54. The van der Waals surface area contributed by atoms with Gasteiger partial charge in [-0.25, -0.2) is 0 Å². The third-order valence-electron chi connectivity index (χ3n) is 12.9. The number of unbranched alkanes of at least 4 members (excludes halogenated alkanes) is 1. The van der Waals surface area contributed by atoms with Gasteiger partial charge in [-0.3, -0.25) is 0 Å². The Balaban J connectivity index is 0.00000200. The van der Waals surface area contributed by atoms with Crippen LogP contribution in [-0.2, 0) is 4.74 Å². The summed E-state index contributed by atoms with van der Waals surface area (Å²) in [6.07, 6.45) is 23.2. The molecule has 7 nitrogen and oxygen atoms in total. The first-order valence-electron chi connectivity index (χ1n) is 22.4. The third-order valence-corrected chi connectivity index (χ3v) is 12.9. The molecule has 3 saturated carbocycles. The van der Waals surface area contributed by atoms with E-state index in [1.165, 1.54) is 70.6 Å². The van der Waals surface area contributed by atoms with Crippen LogP contribution in [0.4, 0.5) is 0 Å². The number of nitrogens with one attached hydrogen (secondary N) is 5. The number of nitrogens with zero attached hydrogens (tertiary/aromatic N) is 1. The summed E-state index contributed by atoms with van der Waals surface area (Å²) >= 11 is 0. The van der Waals surface area contributed by atoms with Crippen LogP contribution in [0.1, 0.15) is 145 Å². The van der Waals surface area contributed by atoms with Gasteiger partial charge < -0.3 is 36.2 Å². The Labute approximate surface area is 345 Å². The molecular formula is C49H84N6O. The molecule has 4 rings (SSSR count). The van der Waals surface area contributed by atoms with Crippen LogP contribution in [0.15, 0.2) is 73.8 Å². The number of terminal acetylenes is 1. The first-order chi connectivity index (χ1) is 26.7. The smallest absolute Gasteiger partial charge is 0.179 e. The highest BCUT2D eigenvalue weighted by atomic mass is 16.5. The van der Waals surface area contributed by atoms with E-state index < -0.39 is 0 Å². The van der Waals surface area contributed by atoms with Crippen LogP contribution >= 0.6 is 0 Å². The maximum Gasteiger partial charge on any atom is 0.179 e. The Bertz CT molecular complexity index is 1350. The van der Waals surface area contributed by atoms with Crippen molar-refractivity contribution in [2.24, 2.45) is 28.6 Å². The molecule has 0 amide bonds. The fourth-order valence-corrected chi connectivity index (χ4v) is 8.53. The lowest BCUT2D eigenvalue weighted by atomic mass is 9.66. The average Bonchev–Trinajstić information content (AvgIpc) is 4.13. The van der Waals surface area contributed by atoms with Crippen molar-refractivity contribution < 1.29 is 4.74 Å². The first-order valence-corrected chi connectivity index (χ1v) is 22.4. The Morgan fingerprint density at radius 2 is 1.57 bits per heavy atom. The van der Waals surface area contributed by atoms with Crippen LogP contribution in [0, 0.1) is 40.9 Å². The van der Waals surface area contributed by atoms with Gasteiger partial charge in [0.25, 0.3) is 0 Å². The van der Waals surface area contributed by atoms with Gasteiger partial charge in [0, 0.05) is 43.1 Å². The van der Waals surface area contributed by atoms with Crippen molar-refractivity contribution in [1.29, 1.82) is 0 Å². The Morgan fingerprint density at radius 3 is 2.14 bits per heavy atom. The molecule has 0 aromatic rings. The average molecular weight is 773 g/mol. The van der Waals surface area contributed by atoms with Gasteiger partial charge in [0.15, 0.2) is 5.88 Å². The van der Waals surface area contributed by atoms with E-state index in [2.05, 4.69) is 119 Å². The maximum absolute atomic E-state index is 6.18. The molecule has 6 atom stereocenters. The van der Waals surface area contributed by atoms with E-state index in [0.717, 1.165) is 73.3 Å². The van der Waals surface area contributed by atoms with E-state index >= 15 is 0 Å². The van der Waals surface area contributed by atoms with Gasteiger partial charge >= 0.3 is 0 Å². The molecular weight excluding hydrogens is 689 g/mol. The SMILES string of the molecule is C#CCCC(NC(=C)C1[C@H]2C[C@H]2CN1C(=C)C(NC(=C)NC(COC(=C)NCCC1CC1)C(C)(C)C)C1(CC)CCCCC1)C(=C)C(=C)NCCC.CCCC. The zero-order chi connectivity index (χ0) is 41.5. The number of hydrogen-bond donors (Lipinski definition) is 5. The summed E-state index contributed by atoms with van der Waals surface area (Å²) in [5, 5.41) is 18.3. The normalized spacial score (nSPS) is 22.3. The highest BCUT2D eigenvalue weighted by molar-refractivity contribution is 5.33. The molecule has 316 valence electrons. The van der Waals surface area contributed by atoms with Crippen molar-refractivity contribution in [2.75, 3.05) is 26.2 Å². The zero-order valence-electron chi connectivity index (χ0n) is 37.2. The molecule has 5 N–H and O–H groups in total. The summed E-state index contributed by atoms with van der Waals surface area (Å²) in [7, 11) is 0. The van der Waals surface area contributed by atoms with Crippen LogP contribution < -0.4 is 26.6 Å². The number of ether oxygens (including phenoxy) is 1. The number of rotatable bonds is 26. The molecule has 1 saturated heterocycles. The van der Waals surface area contributed by atoms with E-state index in [0.29, 0.717) is 30.7 Å². The number of hydrogen-bond acceptors (Lipinski definition) is 7. The van der Waals surface area contributed by atoms with Gasteiger partial charge in [0.05, 0.1) is 30.0 Å². The standard InChI is InChI=1S/C45H74N6O.C4H10/c1-13-16-20-40(31(4)32(5)46-26-14-2)48-33(6)42-39-28-38(39)29-51(42)34(7)43(45(15-3)24-18-17-19-25-45)50-35(8)49-41(44(10,11)12)30-52-36(9)47-27-23-37-21-22-37;1-3-4-2/h1,37-43,46-50H,4-9,14-30H2,2-3,10-12H3;3-4H2,1-2H3/t38-,39-,40?,41?,42?,43?;/m0./s1. The molecule has 0 bridgehead atoms. The van der Waals surface area contributed by atoms with E-state index in [1.54, 1.807) is 0 Å². The van der Waals surface area contributed by atoms with Gasteiger partial charge in [-0.2, -0.15) is 0 Å². The highest BCUT2D eigenvalue weighted by Gasteiger charge is 2.55. The van der Waals surface area contributed by atoms with Crippen molar-refractivity contribution in [3.8, 4) is 12.3 Å². The van der Waals surface area contributed by atoms with Crippen molar-refractivity contribution in [1.82, 2.24) is 31.5 Å². The molecule has 1 heterocycles. The van der Waals surface area contributed by atoms with E-state index in [9.17, 15) is 0 Å². The fraction of sp³-hybridized carbons (Fsp3) is 0.714. The minimum Gasteiger partial charge on any atom is -0.477 e. The predicted molar refractivity (Wildman–Crippen MR) is 241 cm³/mol. The lowest BCUT2D eigenvalue weighted by Gasteiger charge is -2.48. The first kappa shape index (κ1) is 47.0. The van der Waals surface area contributed by atoms with Crippen LogP contribution in [0.5, 0.6) is 0 Å². The summed E-state index contributed by atoms with van der Waals surface area (Å²) in [6.45, 7) is 46.0. The molecule has 1 aliphatic heterocycles. The number of fused-ring (bicyclic) bond motifs is 1. The minimum atomic E-state index is -0.0687. The lowest BCUT2D eigenvalue weighted by Crippen LogP contribution is -2.55. The summed E-state index contributed by atoms with van der Waals surface area (Å²) in [5.74, 6) is 6.40. The molecule has 0 aromatic heterocycles. The molecule has 0 radical (unpaired) electrons. The van der Waals surface area contributed by atoms with Crippen molar-refractivity contribution >= 4 is 0 Å². The summed E-state index contributed by atoms with van der Waals surface area (Å²) in [6, 6.07) is 0.190. The predicted octanol–water partition coefficient (Wildman–Crippen LogP) is 10.3. The summed E-state index contributed by atoms with van der Waals surface area (Å²) in [4.78, 5) is 2.57. The molecule has 3 aliphatic carbocycles. The van der Waals surface area contributed by atoms with E-state index in [1.807, 2.05) is 0 Å². The molecule has 7 heteroatoms. The minimum absolute atomic E-state index is 0.0260. The molecule has 4 unspecified atom stereocenters.